The molecule has 2 heterocycles. The van der Waals surface area contributed by atoms with E-state index in [-0.39, 0.29) is 5.69 Å². The van der Waals surface area contributed by atoms with E-state index in [1.54, 1.807) is 23.5 Å². The maximum Gasteiger partial charge on any atom is 0.358 e. The van der Waals surface area contributed by atoms with Crippen LogP contribution >= 0.6 is 11.3 Å². The number of carbonyl (C=O) groups excluding carboxylic acids is 1. The lowest BCUT2D eigenvalue weighted by molar-refractivity contribution is 0.0593. The van der Waals surface area contributed by atoms with Gasteiger partial charge in [0.05, 0.1) is 17.3 Å². The highest BCUT2D eigenvalue weighted by molar-refractivity contribution is 7.22. The number of benzene rings is 1. The highest BCUT2D eigenvalue weighted by Crippen LogP contribution is 2.28. The minimum Gasteiger partial charge on any atom is -0.464 e. The van der Waals surface area contributed by atoms with E-state index in [0.29, 0.717) is 5.82 Å². The van der Waals surface area contributed by atoms with Crippen molar-refractivity contribution in [2.24, 2.45) is 0 Å². The predicted octanol–water partition coefficient (Wildman–Crippen LogP) is 3.18. The maximum absolute atomic E-state index is 11.3. The zero-order valence-electron chi connectivity index (χ0n) is 12.2. The van der Waals surface area contributed by atoms with Crippen molar-refractivity contribution in [2.75, 3.05) is 12.4 Å². The monoisotopic (exact) mass is 314 g/mol. The summed E-state index contributed by atoms with van der Waals surface area (Å²) in [4.78, 5) is 15.8. The van der Waals surface area contributed by atoms with Crippen molar-refractivity contribution in [1.82, 2.24) is 15.2 Å². The summed E-state index contributed by atoms with van der Waals surface area (Å²) >= 11 is 1.56. The van der Waals surface area contributed by atoms with Gasteiger partial charge in [0.2, 0.25) is 0 Å². The Labute approximate surface area is 131 Å². The summed E-state index contributed by atoms with van der Waals surface area (Å²) in [6.07, 6.45) is 0.997. The number of esters is 1. The third-order valence-electron chi connectivity index (χ3n) is 3.16. The van der Waals surface area contributed by atoms with E-state index in [2.05, 4.69) is 44.3 Å². The number of aromatic nitrogens is 3. The molecular formula is C15H14N4O2S. The van der Waals surface area contributed by atoms with E-state index in [1.807, 2.05) is 6.07 Å². The average Bonchev–Trinajstić information content (AvgIpc) is 2.95. The predicted molar refractivity (Wildman–Crippen MR) is 85.7 cm³/mol. The molecule has 0 radical (unpaired) electrons. The molecule has 3 rings (SSSR count). The molecule has 6 nitrogen and oxygen atoms in total. The van der Waals surface area contributed by atoms with E-state index in [0.717, 1.165) is 21.8 Å². The van der Waals surface area contributed by atoms with Gasteiger partial charge < -0.3 is 10.1 Å². The first-order chi connectivity index (χ1) is 10.7. The number of hydrogen-bond acceptors (Lipinski definition) is 7. The zero-order chi connectivity index (χ0) is 15.5. The van der Waals surface area contributed by atoms with Crippen LogP contribution in [0, 0.1) is 0 Å². The number of rotatable bonds is 4. The van der Waals surface area contributed by atoms with Crippen molar-refractivity contribution in [1.29, 1.82) is 0 Å². The second-order valence-electron chi connectivity index (χ2n) is 4.60. The van der Waals surface area contributed by atoms with Crippen molar-refractivity contribution in [3.63, 3.8) is 0 Å². The number of methoxy groups -OCH3 is 1. The first-order valence-corrected chi connectivity index (χ1v) is 7.60. The van der Waals surface area contributed by atoms with Gasteiger partial charge >= 0.3 is 5.97 Å². The van der Waals surface area contributed by atoms with Crippen LogP contribution in [0.25, 0.3) is 10.2 Å². The molecule has 0 fully saturated rings. The van der Waals surface area contributed by atoms with Gasteiger partial charge in [0, 0.05) is 0 Å². The maximum atomic E-state index is 11.3. The lowest BCUT2D eigenvalue weighted by Crippen LogP contribution is -2.06. The highest BCUT2D eigenvalue weighted by atomic mass is 32.1. The lowest BCUT2D eigenvalue weighted by atomic mass is 10.2. The van der Waals surface area contributed by atoms with Crippen LogP contribution in [-0.2, 0) is 11.2 Å². The average molecular weight is 314 g/mol. The molecule has 0 bridgehead atoms. The molecular weight excluding hydrogens is 300 g/mol. The van der Waals surface area contributed by atoms with Crippen LogP contribution in [-0.4, -0.2) is 28.3 Å². The summed E-state index contributed by atoms with van der Waals surface area (Å²) in [5, 5.41) is 11.6. The van der Waals surface area contributed by atoms with Crippen LogP contribution in [0.15, 0.2) is 30.3 Å². The summed E-state index contributed by atoms with van der Waals surface area (Å²) in [6, 6.07) is 9.47. The number of anilines is 2. The number of thiazole rings is 1. The first kappa shape index (κ1) is 14.4. The fourth-order valence-electron chi connectivity index (χ4n) is 1.96. The van der Waals surface area contributed by atoms with Crippen LogP contribution in [0.1, 0.15) is 23.0 Å². The third-order valence-corrected chi connectivity index (χ3v) is 4.09. The largest absolute Gasteiger partial charge is 0.464 e. The van der Waals surface area contributed by atoms with E-state index in [4.69, 9.17) is 0 Å². The number of nitrogens with one attached hydrogen (secondary N) is 1. The summed E-state index contributed by atoms with van der Waals surface area (Å²) < 4.78 is 5.71. The Bertz CT molecular complexity index is 814. The molecule has 22 heavy (non-hydrogen) atoms. The smallest absolute Gasteiger partial charge is 0.358 e. The van der Waals surface area contributed by atoms with Gasteiger partial charge in [-0.2, -0.15) is 0 Å². The van der Waals surface area contributed by atoms with E-state index >= 15 is 0 Å². The van der Waals surface area contributed by atoms with Gasteiger partial charge in [0.25, 0.3) is 0 Å². The van der Waals surface area contributed by atoms with Crippen LogP contribution in [0.4, 0.5) is 10.9 Å². The zero-order valence-corrected chi connectivity index (χ0v) is 13.0. The third kappa shape index (κ3) is 2.89. The second kappa shape index (κ2) is 6.07. The summed E-state index contributed by atoms with van der Waals surface area (Å²) in [5.41, 5.74) is 2.40. The number of hydrogen-bond donors (Lipinski definition) is 1. The molecule has 0 aliphatic rings. The number of carbonyl (C=O) groups is 1. The molecule has 7 heteroatoms. The van der Waals surface area contributed by atoms with Crippen LogP contribution < -0.4 is 5.32 Å². The standard InChI is InChI=1S/C15H14N4O2S/c1-3-9-4-5-10-12(8-9)22-15(16-10)17-13-7-6-11(18-19-13)14(20)21-2/h4-8H,3H2,1-2H3,(H,16,17,19). The minimum absolute atomic E-state index is 0.171. The number of ether oxygens (including phenoxy) is 1. The molecule has 0 spiro atoms. The Morgan fingerprint density at radius 3 is 2.82 bits per heavy atom. The van der Waals surface area contributed by atoms with Crippen molar-refractivity contribution in [3.8, 4) is 0 Å². The van der Waals surface area contributed by atoms with Gasteiger partial charge in [0.15, 0.2) is 16.6 Å². The summed E-state index contributed by atoms with van der Waals surface area (Å²) in [5.74, 6) is 0.0218. The van der Waals surface area contributed by atoms with E-state index in [9.17, 15) is 4.79 Å². The fourth-order valence-corrected chi connectivity index (χ4v) is 2.90. The number of nitrogens with zero attached hydrogens (tertiary/aromatic N) is 3. The molecule has 0 amide bonds. The van der Waals surface area contributed by atoms with Gasteiger partial charge in [-0.3, -0.25) is 0 Å². The molecule has 1 aromatic carbocycles. The number of aryl methyl sites for hydroxylation is 1. The number of fused-ring (bicyclic) bond motifs is 1. The molecule has 0 saturated heterocycles. The van der Waals surface area contributed by atoms with Crippen molar-refractivity contribution in [2.45, 2.75) is 13.3 Å². The SMILES string of the molecule is CCc1ccc2nc(Nc3ccc(C(=O)OC)nn3)sc2c1. The quantitative estimate of drug-likeness (QED) is 0.745. The Morgan fingerprint density at radius 2 is 2.14 bits per heavy atom. The summed E-state index contributed by atoms with van der Waals surface area (Å²) in [7, 11) is 1.31. The van der Waals surface area contributed by atoms with Gasteiger partial charge in [0.1, 0.15) is 0 Å². The molecule has 0 aliphatic carbocycles. The van der Waals surface area contributed by atoms with Crippen molar-refractivity contribution >= 4 is 38.5 Å². The molecule has 0 saturated carbocycles. The molecule has 0 unspecified atom stereocenters. The topological polar surface area (TPSA) is 77.0 Å². The van der Waals surface area contributed by atoms with E-state index in [1.165, 1.54) is 12.7 Å². The van der Waals surface area contributed by atoms with Crippen LogP contribution in [0.5, 0.6) is 0 Å². The summed E-state index contributed by atoms with van der Waals surface area (Å²) in [6.45, 7) is 2.12. The molecule has 2 aromatic heterocycles. The molecule has 0 atom stereocenters. The minimum atomic E-state index is -0.508. The fraction of sp³-hybridized carbons (Fsp3) is 0.200. The second-order valence-corrected chi connectivity index (χ2v) is 5.63. The molecule has 1 N–H and O–H groups in total. The lowest BCUT2D eigenvalue weighted by Gasteiger charge is -2.01. The molecule has 112 valence electrons. The Morgan fingerprint density at radius 1 is 1.27 bits per heavy atom. The van der Waals surface area contributed by atoms with Crippen molar-refractivity contribution in [3.05, 3.63) is 41.6 Å². The van der Waals surface area contributed by atoms with Gasteiger partial charge in [-0.05, 0) is 36.2 Å². The van der Waals surface area contributed by atoms with Gasteiger partial charge in [-0.1, -0.05) is 24.3 Å². The van der Waals surface area contributed by atoms with E-state index < -0.39 is 5.97 Å². The normalized spacial score (nSPS) is 10.6. The molecule has 3 aromatic rings. The van der Waals surface area contributed by atoms with Gasteiger partial charge in [-0.25, -0.2) is 9.78 Å². The van der Waals surface area contributed by atoms with Crippen molar-refractivity contribution < 1.29 is 9.53 Å². The Hall–Kier alpha value is -2.54. The van der Waals surface area contributed by atoms with Crippen LogP contribution in [0.3, 0.4) is 0 Å². The first-order valence-electron chi connectivity index (χ1n) is 6.78. The Kier molecular flexibility index (Phi) is 3.97. The molecule has 0 aliphatic heterocycles. The highest BCUT2D eigenvalue weighted by Gasteiger charge is 2.09. The Balaban J connectivity index is 1.82. The van der Waals surface area contributed by atoms with Crippen LogP contribution in [0.2, 0.25) is 0 Å². The van der Waals surface area contributed by atoms with Gasteiger partial charge in [-0.15, -0.1) is 10.2 Å².